The van der Waals surface area contributed by atoms with Crippen LogP contribution < -0.4 is 4.57 Å². The molecule has 0 fully saturated rings. The molecule has 0 aliphatic heterocycles. The fourth-order valence-electron chi connectivity index (χ4n) is 9.25. The Kier molecular flexibility index (Phi) is 43.9. The fourth-order valence-corrected chi connectivity index (χ4v) is 9.25. The van der Waals surface area contributed by atoms with E-state index in [1.54, 1.807) is 11.1 Å². The molecule has 0 unspecified atom stereocenters. The van der Waals surface area contributed by atoms with Crippen molar-refractivity contribution in [3.63, 3.8) is 0 Å². The average molecular weight is 795 g/mol. The Morgan fingerprint density at radius 1 is 0.246 bits per heavy atom. The lowest BCUT2D eigenvalue weighted by Crippen LogP contribution is -2.34. The molecule has 1 aromatic rings. The van der Waals surface area contributed by atoms with E-state index in [9.17, 15) is 0 Å². The summed E-state index contributed by atoms with van der Waals surface area (Å²) < 4.78 is 2.60. The highest BCUT2D eigenvalue weighted by Crippen LogP contribution is 2.18. The van der Waals surface area contributed by atoms with Crippen LogP contribution in [0.4, 0.5) is 0 Å². The Morgan fingerprint density at radius 3 is 0.667 bits per heavy atom. The van der Waals surface area contributed by atoms with Gasteiger partial charge in [0.15, 0.2) is 12.4 Å². The molecule has 0 bridgehead atoms. The van der Waals surface area contributed by atoms with Crippen molar-refractivity contribution >= 4 is 0 Å². The molecule has 1 nitrogen and oxygen atoms in total. The Morgan fingerprint density at radius 2 is 0.439 bits per heavy atom. The van der Waals surface area contributed by atoms with Gasteiger partial charge in [-0.05, 0) is 38.2 Å². The largest absolute Gasteiger partial charge is 0.205 e. The zero-order chi connectivity index (χ0) is 40.8. The van der Waals surface area contributed by atoms with Gasteiger partial charge >= 0.3 is 0 Å². The lowest BCUT2D eigenvalue weighted by atomic mass is 10.0. The standard InChI is InChI=1S/C56H108N/c1-4-7-10-13-16-19-22-25-28-31-34-37-40-43-46-49-55-52-56(50-47-44-41-38-35-32-29-26-23-20-17-14-11-8-5-2)54-57(53-55)51-48-45-42-39-36-33-30-27-24-21-18-15-12-9-6-3/h52-54H,4-51H2,1-3H3/q+1. The Labute approximate surface area is 361 Å². The fraction of sp³-hybridized carbons (Fsp3) is 0.911. The number of rotatable bonds is 48. The lowest BCUT2D eigenvalue weighted by molar-refractivity contribution is -0.698. The molecule has 0 aromatic carbocycles. The number of aromatic nitrogens is 1. The second-order valence-corrected chi connectivity index (χ2v) is 19.1. The molecule has 0 saturated carbocycles. The van der Waals surface area contributed by atoms with Crippen LogP contribution in [0.25, 0.3) is 0 Å². The molecule has 0 amide bonds. The molecule has 0 saturated heterocycles. The molecule has 57 heavy (non-hydrogen) atoms. The van der Waals surface area contributed by atoms with Crippen LogP contribution in [-0.2, 0) is 19.4 Å². The molecule has 1 heterocycles. The molecule has 0 aliphatic rings. The second-order valence-electron chi connectivity index (χ2n) is 19.1. The van der Waals surface area contributed by atoms with Gasteiger partial charge in [-0.15, -0.1) is 0 Å². The van der Waals surface area contributed by atoms with Crippen LogP contribution in [0.1, 0.15) is 321 Å². The maximum absolute atomic E-state index is 2.60. The first-order valence-corrected chi connectivity index (χ1v) is 27.3. The number of hydrogen-bond acceptors (Lipinski definition) is 0. The molecule has 336 valence electrons. The van der Waals surface area contributed by atoms with Crippen molar-refractivity contribution in [3.05, 3.63) is 29.6 Å². The summed E-state index contributed by atoms with van der Waals surface area (Å²) >= 11 is 0. The average Bonchev–Trinajstić information content (AvgIpc) is 3.22. The summed E-state index contributed by atoms with van der Waals surface area (Å²) in [6.45, 7) is 8.17. The molecule has 0 radical (unpaired) electrons. The van der Waals surface area contributed by atoms with Gasteiger partial charge < -0.3 is 0 Å². The predicted octanol–water partition coefficient (Wildman–Crippen LogP) is 19.7. The molecular weight excluding hydrogens is 687 g/mol. The van der Waals surface area contributed by atoms with E-state index in [-0.39, 0.29) is 0 Å². The van der Waals surface area contributed by atoms with Gasteiger partial charge in [0, 0.05) is 17.5 Å². The topological polar surface area (TPSA) is 3.88 Å². The monoisotopic (exact) mass is 795 g/mol. The van der Waals surface area contributed by atoms with E-state index < -0.39 is 0 Å². The molecule has 0 aliphatic carbocycles. The summed E-state index contributed by atoms with van der Waals surface area (Å²) in [7, 11) is 0. The molecular formula is C56H108N+. The smallest absolute Gasteiger partial charge is 0.171 e. The van der Waals surface area contributed by atoms with Crippen LogP contribution in [0, 0.1) is 0 Å². The summed E-state index contributed by atoms with van der Waals surface area (Å²) in [4.78, 5) is 0. The van der Waals surface area contributed by atoms with Crippen LogP contribution in [-0.4, -0.2) is 0 Å². The molecule has 0 spiro atoms. The minimum absolute atomic E-state index is 1.22. The van der Waals surface area contributed by atoms with E-state index in [2.05, 4.69) is 43.8 Å². The van der Waals surface area contributed by atoms with Gasteiger partial charge in [-0.3, -0.25) is 0 Å². The quantitative estimate of drug-likeness (QED) is 0.0457. The SMILES string of the molecule is CCCCCCCCCCCCCCCCCc1cc(CCCCCCCCCCCCCCCCC)c[n+](CCCCCCCCCCCCCCCCC)c1. The number of nitrogens with zero attached hydrogens (tertiary/aromatic N) is 1. The first-order valence-electron chi connectivity index (χ1n) is 27.3. The first-order chi connectivity index (χ1) is 28.3. The Hall–Kier alpha value is -0.850. The normalized spacial score (nSPS) is 11.6. The zero-order valence-corrected chi connectivity index (χ0v) is 40.1. The highest BCUT2D eigenvalue weighted by atomic mass is 14.9. The van der Waals surface area contributed by atoms with Gasteiger partial charge in [-0.2, -0.15) is 0 Å². The van der Waals surface area contributed by atoms with Gasteiger partial charge in [0.05, 0.1) is 0 Å². The Balaban J connectivity index is 2.27. The van der Waals surface area contributed by atoms with E-state index in [1.807, 2.05) is 0 Å². The van der Waals surface area contributed by atoms with Crippen molar-refractivity contribution in [2.24, 2.45) is 0 Å². The first kappa shape index (κ1) is 54.2. The van der Waals surface area contributed by atoms with Crippen LogP contribution in [0.5, 0.6) is 0 Å². The van der Waals surface area contributed by atoms with Crippen molar-refractivity contribution in [1.29, 1.82) is 0 Å². The predicted molar refractivity (Wildman–Crippen MR) is 259 cm³/mol. The number of pyridine rings is 1. The maximum atomic E-state index is 2.60. The lowest BCUT2D eigenvalue weighted by Gasteiger charge is -2.08. The van der Waals surface area contributed by atoms with Gasteiger partial charge in [-0.1, -0.05) is 284 Å². The maximum Gasteiger partial charge on any atom is 0.171 e. The number of hydrogen-bond donors (Lipinski definition) is 0. The van der Waals surface area contributed by atoms with E-state index in [0.29, 0.717) is 0 Å². The molecule has 1 aromatic heterocycles. The molecule has 0 N–H and O–H groups in total. The third-order valence-electron chi connectivity index (χ3n) is 13.2. The number of unbranched alkanes of at least 4 members (excludes halogenated alkanes) is 42. The van der Waals surface area contributed by atoms with Crippen molar-refractivity contribution in [2.45, 2.75) is 329 Å². The van der Waals surface area contributed by atoms with Crippen LogP contribution in [0.3, 0.4) is 0 Å². The number of aryl methyl sites for hydroxylation is 3. The van der Waals surface area contributed by atoms with E-state index in [4.69, 9.17) is 0 Å². The molecule has 0 atom stereocenters. The summed E-state index contributed by atoms with van der Waals surface area (Å²) in [5, 5.41) is 0. The third-order valence-corrected chi connectivity index (χ3v) is 13.2. The zero-order valence-electron chi connectivity index (χ0n) is 40.1. The highest BCUT2D eigenvalue weighted by Gasteiger charge is 2.09. The second kappa shape index (κ2) is 46.2. The van der Waals surface area contributed by atoms with E-state index in [0.717, 1.165) is 0 Å². The summed E-state index contributed by atoms with van der Waals surface area (Å²) in [6.07, 6.45) is 72.7. The van der Waals surface area contributed by atoms with Gasteiger partial charge in [0.25, 0.3) is 0 Å². The molecule has 1 heteroatoms. The van der Waals surface area contributed by atoms with Crippen molar-refractivity contribution in [3.8, 4) is 0 Å². The summed E-state index contributed by atoms with van der Waals surface area (Å²) in [6, 6.07) is 2.59. The summed E-state index contributed by atoms with van der Waals surface area (Å²) in [5.41, 5.74) is 3.23. The van der Waals surface area contributed by atoms with E-state index >= 15 is 0 Å². The minimum atomic E-state index is 1.22. The van der Waals surface area contributed by atoms with Gasteiger partial charge in [-0.25, -0.2) is 4.57 Å². The van der Waals surface area contributed by atoms with E-state index in [1.165, 1.54) is 308 Å². The Bertz CT molecular complexity index is 763. The summed E-state index contributed by atoms with van der Waals surface area (Å²) in [5.74, 6) is 0. The highest BCUT2D eigenvalue weighted by molar-refractivity contribution is 5.15. The third kappa shape index (κ3) is 40.3. The van der Waals surface area contributed by atoms with Crippen molar-refractivity contribution < 1.29 is 4.57 Å². The van der Waals surface area contributed by atoms with Crippen LogP contribution in [0.2, 0.25) is 0 Å². The van der Waals surface area contributed by atoms with Crippen LogP contribution >= 0.6 is 0 Å². The molecule has 1 rings (SSSR count). The van der Waals surface area contributed by atoms with Crippen molar-refractivity contribution in [1.82, 2.24) is 0 Å². The van der Waals surface area contributed by atoms with Gasteiger partial charge in [0.1, 0.15) is 6.54 Å². The minimum Gasteiger partial charge on any atom is -0.205 e. The van der Waals surface area contributed by atoms with Crippen LogP contribution in [0.15, 0.2) is 18.5 Å². The van der Waals surface area contributed by atoms with Crippen molar-refractivity contribution in [2.75, 3.05) is 0 Å². The van der Waals surface area contributed by atoms with Gasteiger partial charge in [0.2, 0.25) is 0 Å².